The maximum absolute atomic E-state index is 6.02. The zero-order valence-electron chi connectivity index (χ0n) is 18.5. The maximum atomic E-state index is 6.02. The van der Waals surface area contributed by atoms with Crippen molar-refractivity contribution in [1.82, 2.24) is 20.4 Å². The summed E-state index contributed by atoms with van der Waals surface area (Å²) in [4.78, 5) is 6.73. The highest BCUT2D eigenvalue weighted by molar-refractivity contribution is 7.80. The van der Waals surface area contributed by atoms with E-state index < -0.39 is 0 Å². The van der Waals surface area contributed by atoms with Crippen molar-refractivity contribution in [3.63, 3.8) is 0 Å². The van der Waals surface area contributed by atoms with Crippen molar-refractivity contribution in [2.45, 2.75) is 26.8 Å². The number of halogens is 1. The number of nitrogens with zero attached hydrogens (tertiary/aromatic N) is 3. The van der Waals surface area contributed by atoms with E-state index in [1.165, 1.54) is 11.1 Å². The number of methoxy groups -OCH3 is 1. The van der Waals surface area contributed by atoms with Gasteiger partial charge in [-0.05, 0) is 73.9 Å². The zero-order valence-corrected chi connectivity index (χ0v) is 20.0. The maximum Gasteiger partial charge on any atom is 0.258 e. The Morgan fingerprint density at radius 3 is 2.56 bits per heavy atom. The molecule has 1 aliphatic rings. The second-order valence-electron chi connectivity index (χ2n) is 7.80. The first-order valence-electron chi connectivity index (χ1n) is 10.3. The van der Waals surface area contributed by atoms with Gasteiger partial charge in [-0.3, -0.25) is 0 Å². The molecule has 1 aliphatic heterocycles. The molecular weight excluding hydrogens is 444 g/mol. The van der Waals surface area contributed by atoms with Crippen LogP contribution in [-0.2, 0) is 4.74 Å². The number of nitrogens with one attached hydrogen (secondary N) is 1. The number of hydrogen-bond acceptors (Lipinski definition) is 5. The fraction of sp³-hybridized carbons (Fsp3) is 0.292. The van der Waals surface area contributed by atoms with E-state index in [1.54, 1.807) is 7.11 Å². The van der Waals surface area contributed by atoms with Gasteiger partial charge < -0.3 is 19.5 Å². The van der Waals surface area contributed by atoms with Crippen LogP contribution >= 0.6 is 23.8 Å². The van der Waals surface area contributed by atoms with Gasteiger partial charge >= 0.3 is 0 Å². The topological polar surface area (TPSA) is 63.4 Å². The molecule has 0 aliphatic carbocycles. The molecule has 0 bridgehead atoms. The molecule has 0 fully saturated rings. The van der Waals surface area contributed by atoms with Crippen molar-refractivity contribution >= 4 is 34.5 Å². The molecule has 6 nitrogen and oxygen atoms in total. The number of aromatic nitrogens is 2. The van der Waals surface area contributed by atoms with Crippen molar-refractivity contribution in [3.8, 4) is 11.4 Å². The molecule has 1 unspecified atom stereocenters. The molecule has 2 heterocycles. The molecule has 166 valence electrons. The molecule has 1 atom stereocenters. The predicted molar refractivity (Wildman–Crippen MR) is 130 cm³/mol. The van der Waals surface area contributed by atoms with Crippen molar-refractivity contribution in [1.29, 1.82) is 0 Å². The molecule has 0 saturated carbocycles. The molecule has 1 N–H and O–H groups in total. The highest BCUT2D eigenvalue weighted by Gasteiger charge is 2.34. The molecule has 2 aromatic carbocycles. The van der Waals surface area contributed by atoms with Crippen LogP contribution in [0.15, 0.2) is 52.7 Å². The van der Waals surface area contributed by atoms with Crippen molar-refractivity contribution in [3.05, 3.63) is 75.8 Å². The molecule has 1 aromatic heterocycles. The van der Waals surface area contributed by atoms with Crippen LogP contribution in [0.5, 0.6) is 0 Å². The van der Waals surface area contributed by atoms with Gasteiger partial charge in [0.15, 0.2) is 5.11 Å². The third kappa shape index (κ3) is 4.41. The molecule has 8 heteroatoms. The van der Waals surface area contributed by atoms with E-state index in [1.807, 2.05) is 36.1 Å². The summed E-state index contributed by atoms with van der Waals surface area (Å²) in [5.41, 5.74) is 6.22. The molecular formula is C24H25ClN4O2S. The Labute approximate surface area is 198 Å². The minimum absolute atomic E-state index is 0.209. The summed E-state index contributed by atoms with van der Waals surface area (Å²) in [6.07, 6.45) is 0. The Bertz CT molecular complexity index is 1170. The standard InChI is InChI=1S/C24H25ClN4O2S/c1-14-5-6-18(13-15(14)2)21-20(16(3)29(11-12-30-4)24(32)26-21)23-27-22(28-31-23)17-7-9-19(25)10-8-17/h5-10,13,21H,11-12H2,1-4H3,(H,26,32). The zero-order chi connectivity index (χ0) is 22.8. The average molecular weight is 469 g/mol. The van der Waals surface area contributed by atoms with Gasteiger partial charge in [0.05, 0.1) is 18.2 Å². The van der Waals surface area contributed by atoms with Crippen LogP contribution < -0.4 is 5.32 Å². The number of rotatable bonds is 6. The lowest BCUT2D eigenvalue weighted by Crippen LogP contribution is -2.47. The Morgan fingerprint density at radius 2 is 1.88 bits per heavy atom. The molecule has 0 amide bonds. The van der Waals surface area contributed by atoms with Crippen LogP contribution in [0.1, 0.15) is 35.5 Å². The van der Waals surface area contributed by atoms with Crippen LogP contribution in [0.2, 0.25) is 5.02 Å². The second-order valence-corrected chi connectivity index (χ2v) is 8.62. The third-order valence-electron chi connectivity index (χ3n) is 5.74. The van der Waals surface area contributed by atoms with Gasteiger partial charge in [0.1, 0.15) is 0 Å². The quantitative estimate of drug-likeness (QED) is 0.491. The number of allylic oxidation sites excluding steroid dienone is 1. The van der Waals surface area contributed by atoms with Gasteiger partial charge in [0.2, 0.25) is 5.82 Å². The highest BCUT2D eigenvalue weighted by atomic mass is 35.5. The second kappa shape index (κ2) is 9.40. The molecule has 0 spiro atoms. The number of ether oxygens (including phenoxy) is 1. The fourth-order valence-corrected chi connectivity index (χ4v) is 4.23. The highest BCUT2D eigenvalue weighted by Crippen LogP contribution is 2.37. The van der Waals surface area contributed by atoms with Crippen molar-refractivity contribution in [2.24, 2.45) is 0 Å². The fourth-order valence-electron chi connectivity index (χ4n) is 3.75. The first-order valence-corrected chi connectivity index (χ1v) is 11.1. The Hall–Kier alpha value is -2.74. The summed E-state index contributed by atoms with van der Waals surface area (Å²) in [6.45, 7) is 7.39. The van der Waals surface area contributed by atoms with E-state index in [0.717, 1.165) is 22.4 Å². The monoisotopic (exact) mass is 468 g/mol. The Kier molecular flexibility index (Phi) is 6.60. The Balaban J connectivity index is 1.80. The first-order chi connectivity index (χ1) is 15.4. The van der Waals surface area contributed by atoms with E-state index in [4.69, 9.17) is 38.1 Å². The van der Waals surface area contributed by atoms with Crippen LogP contribution in [0.4, 0.5) is 0 Å². The van der Waals surface area contributed by atoms with Crippen LogP contribution in [-0.4, -0.2) is 40.4 Å². The largest absolute Gasteiger partial charge is 0.383 e. The van der Waals surface area contributed by atoms with Crippen LogP contribution in [0.25, 0.3) is 17.0 Å². The lowest BCUT2D eigenvalue weighted by atomic mass is 9.92. The number of thiocarbonyl (C=S) groups is 1. The van der Waals surface area contributed by atoms with Crippen LogP contribution in [0, 0.1) is 13.8 Å². The molecule has 0 radical (unpaired) electrons. The number of benzene rings is 2. The van der Waals surface area contributed by atoms with E-state index in [-0.39, 0.29) is 6.04 Å². The predicted octanol–water partition coefficient (Wildman–Crippen LogP) is 5.32. The van der Waals surface area contributed by atoms with E-state index in [2.05, 4.69) is 42.5 Å². The first kappa shape index (κ1) is 22.5. The number of hydrogen-bond donors (Lipinski definition) is 1. The Morgan fingerprint density at radius 1 is 1.12 bits per heavy atom. The van der Waals surface area contributed by atoms with E-state index >= 15 is 0 Å². The van der Waals surface area contributed by atoms with E-state index in [0.29, 0.717) is 35.0 Å². The average Bonchev–Trinajstić information content (AvgIpc) is 3.25. The van der Waals surface area contributed by atoms with Gasteiger partial charge in [0, 0.05) is 29.9 Å². The van der Waals surface area contributed by atoms with Crippen molar-refractivity contribution < 1.29 is 9.26 Å². The van der Waals surface area contributed by atoms with Gasteiger partial charge in [-0.2, -0.15) is 4.98 Å². The summed E-state index contributed by atoms with van der Waals surface area (Å²) in [5, 5.41) is 9.00. The minimum Gasteiger partial charge on any atom is -0.383 e. The lowest BCUT2D eigenvalue weighted by molar-refractivity contribution is 0.183. The summed E-state index contributed by atoms with van der Waals surface area (Å²) >= 11 is 11.7. The van der Waals surface area contributed by atoms with Gasteiger partial charge in [-0.25, -0.2) is 0 Å². The van der Waals surface area contributed by atoms with Crippen molar-refractivity contribution in [2.75, 3.05) is 20.3 Å². The molecule has 4 rings (SSSR count). The number of aryl methyl sites for hydroxylation is 2. The minimum atomic E-state index is -0.209. The van der Waals surface area contributed by atoms with Gasteiger partial charge in [-0.15, -0.1) is 0 Å². The summed E-state index contributed by atoms with van der Waals surface area (Å²) in [7, 11) is 1.68. The third-order valence-corrected chi connectivity index (χ3v) is 6.33. The van der Waals surface area contributed by atoms with Gasteiger partial charge in [0.25, 0.3) is 5.89 Å². The van der Waals surface area contributed by atoms with Gasteiger partial charge in [-0.1, -0.05) is 35.0 Å². The van der Waals surface area contributed by atoms with Crippen LogP contribution in [0.3, 0.4) is 0 Å². The molecule has 0 saturated heterocycles. The smallest absolute Gasteiger partial charge is 0.258 e. The normalized spacial score (nSPS) is 16.5. The van der Waals surface area contributed by atoms with E-state index in [9.17, 15) is 0 Å². The summed E-state index contributed by atoms with van der Waals surface area (Å²) in [5.74, 6) is 0.959. The molecule has 32 heavy (non-hydrogen) atoms. The summed E-state index contributed by atoms with van der Waals surface area (Å²) in [6, 6.07) is 13.5. The lowest BCUT2D eigenvalue weighted by Gasteiger charge is -2.37. The SMILES string of the molecule is COCCN1C(=S)NC(c2ccc(C)c(C)c2)C(c2nc(-c3ccc(Cl)cc3)no2)=C1C. The molecule has 3 aromatic rings. The summed E-state index contributed by atoms with van der Waals surface area (Å²) < 4.78 is 11.0.